The fourth-order valence-corrected chi connectivity index (χ4v) is 7.43. The van der Waals surface area contributed by atoms with Crippen LogP contribution in [0.15, 0.2) is 6.33 Å². The van der Waals surface area contributed by atoms with Crippen LogP contribution in [0.2, 0.25) is 5.28 Å². The summed E-state index contributed by atoms with van der Waals surface area (Å²) in [6, 6.07) is 0. The average Bonchev–Trinajstić information content (AvgIpc) is 3.59. The minimum Gasteiger partial charge on any atom is -0.388 e. The number of rotatable bonds is 27. The Morgan fingerprint density at radius 1 is 0.771 bits per heavy atom. The van der Waals surface area contributed by atoms with E-state index in [0.29, 0.717) is 17.0 Å². The van der Waals surface area contributed by atoms with E-state index in [1.807, 2.05) is 0 Å². The van der Waals surface area contributed by atoms with Crippen LogP contribution in [0, 0.1) is 0 Å². The maximum absolute atomic E-state index is 11.4. The molecule has 1 fully saturated rings. The molecule has 0 aliphatic carbocycles. The lowest BCUT2D eigenvalue weighted by atomic mass is 10.1. The highest BCUT2D eigenvalue weighted by Gasteiger charge is 2.44. The van der Waals surface area contributed by atoms with Crippen LogP contribution in [-0.2, 0) is 9.30 Å². The van der Waals surface area contributed by atoms with Gasteiger partial charge in [0.25, 0.3) is 0 Å². The highest BCUT2D eigenvalue weighted by atomic mass is 35.5. The van der Waals surface area contributed by atoms with E-state index < -0.39 is 38.3 Å². The van der Waals surface area contributed by atoms with E-state index in [1.165, 1.54) is 114 Å². The van der Waals surface area contributed by atoms with Crippen molar-refractivity contribution in [3.05, 3.63) is 11.6 Å². The Morgan fingerprint density at radius 3 is 1.73 bits per heavy atom. The number of hydrogen-bond acceptors (Lipinski definition) is 8. The monoisotopic (exact) mass is 715 g/mol. The van der Waals surface area contributed by atoms with Gasteiger partial charge < -0.3 is 29.6 Å². The first-order valence-corrected chi connectivity index (χ1v) is 21.0. The number of imidazole rings is 1. The van der Waals surface area contributed by atoms with Crippen LogP contribution in [0.5, 0.6) is 0 Å². The molecule has 0 spiro atoms. The molecule has 276 valence electrons. The summed E-state index contributed by atoms with van der Waals surface area (Å²) in [6.07, 6.45) is 21.5. The lowest BCUT2D eigenvalue weighted by Gasteiger charge is -2.24. The molecule has 13 heteroatoms. The molecule has 3 rings (SSSR count). The largest absolute Gasteiger partial charge is 0.388 e. The summed E-state index contributed by atoms with van der Waals surface area (Å²) >= 11 is 6.50. The molecule has 48 heavy (non-hydrogen) atoms. The zero-order valence-corrected chi connectivity index (χ0v) is 31.2. The molecule has 2 unspecified atom stereocenters. The highest BCUT2D eigenvalue weighted by molar-refractivity contribution is 7.51. The van der Waals surface area contributed by atoms with Gasteiger partial charge in [0.1, 0.15) is 12.2 Å². The van der Waals surface area contributed by atoms with Gasteiger partial charge in [-0.05, 0) is 30.9 Å². The van der Waals surface area contributed by atoms with E-state index in [2.05, 4.69) is 33.7 Å². The van der Waals surface area contributed by atoms with Gasteiger partial charge in [0.2, 0.25) is 5.28 Å². The van der Waals surface area contributed by atoms with Gasteiger partial charge in [-0.2, -0.15) is 9.97 Å². The molecule has 0 amide bonds. The molecule has 1 saturated heterocycles. The molecular formula is C35H63ClN5O6P. The second kappa shape index (κ2) is 22.5. The Morgan fingerprint density at radius 2 is 1.25 bits per heavy atom. The van der Waals surface area contributed by atoms with Crippen molar-refractivity contribution in [3.8, 4) is 0 Å². The van der Waals surface area contributed by atoms with E-state index in [4.69, 9.17) is 16.3 Å². The van der Waals surface area contributed by atoms with Crippen molar-refractivity contribution in [1.82, 2.24) is 19.5 Å². The van der Waals surface area contributed by atoms with E-state index in [0.717, 1.165) is 38.8 Å². The SMILES string of the molecule is CCCCCCCCCCCCN(CCCCCCCCCCCC)c1nc(Cl)nc2c1ncn2[C@@H]1O[C@H](CCP(=O)(O)O)C(O)C1O. The standard InChI is InChI=1S/C35H63ClN5O6P/c1-3-5-7-9-11-13-15-17-19-21-24-40(25-22-20-18-16-14-12-10-8-6-4-2)32-29-33(39-35(36)38-32)41(27-37-29)34-31(43)30(42)28(47-34)23-26-48(44,45)46/h27-28,30-31,34,42-43H,3-26H2,1-2H3,(H2,44,45,46)/t28-,30?,31?,34-/m1/s1. The van der Waals surface area contributed by atoms with Gasteiger partial charge in [-0.15, -0.1) is 0 Å². The Hall–Kier alpha value is -1.33. The molecule has 4 N–H and O–H groups in total. The summed E-state index contributed by atoms with van der Waals surface area (Å²) in [5.41, 5.74) is 0.926. The van der Waals surface area contributed by atoms with E-state index in [9.17, 15) is 24.6 Å². The van der Waals surface area contributed by atoms with Crippen LogP contribution < -0.4 is 4.90 Å². The van der Waals surface area contributed by atoms with Gasteiger partial charge in [-0.1, -0.05) is 129 Å². The summed E-state index contributed by atoms with van der Waals surface area (Å²) in [6.45, 7) is 6.16. The minimum atomic E-state index is -4.29. The summed E-state index contributed by atoms with van der Waals surface area (Å²) in [5, 5.41) is 21.5. The molecular weight excluding hydrogens is 653 g/mol. The summed E-state index contributed by atoms with van der Waals surface area (Å²) < 4.78 is 18.9. The molecule has 0 radical (unpaired) electrons. The predicted octanol–water partition coefficient (Wildman–Crippen LogP) is 8.31. The lowest BCUT2D eigenvalue weighted by Crippen LogP contribution is -2.32. The Kier molecular flexibility index (Phi) is 19.2. The van der Waals surface area contributed by atoms with Gasteiger partial charge >= 0.3 is 7.60 Å². The third-order valence-corrected chi connectivity index (χ3v) is 10.6. The number of aliphatic hydroxyl groups excluding tert-OH is 2. The number of hydrogen-bond donors (Lipinski definition) is 4. The Bertz CT molecular complexity index is 1190. The zero-order valence-electron chi connectivity index (χ0n) is 29.5. The third kappa shape index (κ3) is 14.1. The molecule has 0 bridgehead atoms. The van der Waals surface area contributed by atoms with Crippen LogP contribution in [0.3, 0.4) is 0 Å². The number of fused-ring (bicyclic) bond motifs is 1. The normalized spacial score (nSPS) is 19.9. The van der Waals surface area contributed by atoms with Crippen molar-refractivity contribution >= 4 is 36.2 Å². The number of aliphatic hydroxyl groups is 2. The molecule has 0 aromatic carbocycles. The summed E-state index contributed by atoms with van der Waals surface area (Å²) in [5.74, 6) is 0.654. The predicted molar refractivity (Wildman–Crippen MR) is 194 cm³/mol. The third-order valence-electron chi connectivity index (χ3n) is 9.55. The Balaban J connectivity index is 1.65. The number of halogens is 1. The molecule has 3 heterocycles. The quantitative estimate of drug-likeness (QED) is 0.0403. The van der Waals surface area contributed by atoms with Crippen LogP contribution >= 0.6 is 19.2 Å². The fourth-order valence-electron chi connectivity index (χ4n) is 6.68. The van der Waals surface area contributed by atoms with Gasteiger partial charge in [-0.25, -0.2) is 4.98 Å². The second-order valence-corrected chi connectivity index (χ2v) is 15.8. The molecule has 1 aliphatic heterocycles. The van der Waals surface area contributed by atoms with Crippen molar-refractivity contribution in [1.29, 1.82) is 0 Å². The van der Waals surface area contributed by atoms with Crippen LogP contribution in [0.1, 0.15) is 155 Å². The van der Waals surface area contributed by atoms with Crippen molar-refractivity contribution < 1.29 is 29.3 Å². The fraction of sp³-hybridized carbons (Fsp3) is 0.857. The van der Waals surface area contributed by atoms with E-state index in [1.54, 1.807) is 0 Å². The van der Waals surface area contributed by atoms with Crippen LogP contribution in [-0.4, -0.2) is 77.1 Å². The maximum Gasteiger partial charge on any atom is 0.325 e. The molecule has 2 aromatic rings. The number of unbranched alkanes of at least 4 members (excludes halogenated alkanes) is 18. The molecule has 11 nitrogen and oxygen atoms in total. The van der Waals surface area contributed by atoms with E-state index in [-0.39, 0.29) is 11.7 Å². The van der Waals surface area contributed by atoms with E-state index >= 15 is 0 Å². The summed E-state index contributed by atoms with van der Waals surface area (Å²) in [4.78, 5) is 34.6. The van der Waals surface area contributed by atoms with Crippen molar-refractivity contribution in [2.75, 3.05) is 24.2 Å². The van der Waals surface area contributed by atoms with Crippen LogP contribution in [0.25, 0.3) is 11.2 Å². The topological polar surface area (TPSA) is 154 Å². The van der Waals surface area contributed by atoms with Gasteiger partial charge in [-0.3, -0.25) is 9.13 Å². The highest BCUT2D eigenvalue weighted by Crippen LogP contribution is 2.40. The van der Waals surface area contributed by atoms with Crippen LogP contribution in [0.4, 0.5) is 5.82 Å². The summed E-state index contributed by atoms with van der Waals surface area (Å²) in [7, 11) is -4.29. The molecule has 4 atom stereocenters. The number of ether oxygens (including phenoxy) is 1. The first-order chi connectivity index (χ1) is 23.2. The molecule has 1 aliphatic rings. The lowest BCUT2D eigenvalue weighted by molar-refractivity contribution is -0.0355. The molecule has 0 saturated carbocycles. The smallest absolute Gasteiger partial charge is 0.325 e. The first-order valence-electron chi connectivity index (χ1n) is 18.9. The van der Waals surface area contributed by atoms with Gasteiger partial charge in [0.05, 0.1) is 18.6 Å². The average molecular weight is 716 g/mol. The van der Waals surface area contributed by atoms with Gasteiger partial charge in [0.15, 0.2) is 23.2 Å². The number of aromatic nitrogens is 4. The van der Waals surface area contributed by atoms with Crippen molar-refractivity contribution in [3.63, 3.8) is 0 Å². The zero-order chi connectivity index (χ0) is 34.8. The van der Waals surface area contributed by atoms with Crippen molar-refractivity contribution in [2.45, 2.75) is 173 Å². The first kappa shape index (κ1) is 41.1. The maximum atomic E-state index is 11.4. The van der Waals surface area contributed by atoms with Gasteiger partial charge in [0, 0.05) is 13.1 Å². The second-order valence-electron chi connectivity index (χ2n) is 13.7. The molecule has 2 aromatic heterocycles. The number of nitrogens with zero attached hydrogens (tertiary/aromatic N) is 5. The van der Waals surface area contributed by atoms with Crippen molar-refractivity contribution in [2.24, 2.45) is 0 Å². The Labute approximate surface area is 293 Å². The number of anilines is 1. The minimum absolute atomic E-state index is 0.0569.